The number of hydrogen-bond donors (Lipinski definition) is 1. The fourth-order valence-electron chi connectivity index (χ4n) is 3.94. The van der Waals surface area contributed by atoms with Gasteiger partial charge in [0, 0.05) is 24.4 Å². The number of carbonyl (C=O) groups is 1. The molecule has 0 radical (unpaired) electrons. The SMILES string of the molecule is O=C(NCC1(c2ccccc2)CCCCC1)c1cnc2cnccn12. The summed E-state index contributed by atoms with van der Waals surface area (Å²) in [7, 11) is 0. The van der Waals surface area contributed by atoms with Crippen LogP contribution in [0.1, 0.15) is 48.2 Å². The van der Waals surface area contributed by atoms with Gasteiger partial charge in [0.2, 0.25) is 0 Å². The van der Waals surface area contributed by atoms with E-state index in [-0.39, 0.29) is 11.3 Å². The molecule has 1 N–H and O–H groups in total. The molecule has 4 rings (SSSR count). The maximum absolute atomic E-state index is 12.7. The topological polar surface area (TPSA) is 59.3 Å². The molecule has 1 saturated carbocycles. The third-order valence-electron chi connectivity index (χ3n) is 5.33. The minimum atomic E-state index is -0.0837. The number of aromatic nitrogens is 3. The molecule has 2 aromatic heterocycles. The average Bonchev–Trinajstić information content (AvgIpc) is 3.12. The van der Waals surface area contributed by atoms with Gasteiger partial charge in [0.15, 0.2) is 5.65 Å². The molecule has 5 heteroatoms. The van der Waals surface area contributed by atoms with Crippen molar-refractivity contribution >= 4 is 11.6 Å². The third-order valence-corrected chi connectivity index (χ3v) is 5.33. The van der Waals surface area contributed by atoms with E-state index in [2.05, 4.69) is 39.6 Å². The minimum Gasteiger partial charge on any atom is -0.350 e. The van der Waals surface area contributed by atoms with Crippen molar-refractivity contribution in [2.45, 2.75) is 37.5 Å². The van der Waals surface area contributed by atoms with Gasteiger partial charge in [-0.25, -0.2) is 4.98 Å². The van der Waals surface area contributed by atoms with Crippen LogP contribution in [0.5, 0.6) is 0 Å². The van der Waals surface area contributed by atoms with Gasteiger partial charge in [-0.3, -0.25) is 14.2 Å². The second-order valence-corrected chi connectivity index (χ2v) is 6.84. The van der Waals surface area contributed by atoms with Crippen molar-refractivity contribution in [2.24, 2.45) is 0 Å². The summed E-state index contributed by atoms with van der Waals surface area (Å²) in [5.41, 5.74) is 2.61. The number of nitrogens with one attached hydrogen (secondary N) is 1. The first-order valence-corrected chi connectivity index (χ1v) is 8.89. The molecule has 0 bridgehead atoms. The molecule has 1 aliphatic rings. The van der Waals surface area contributed by atoms with E-state index in [1.165, 1.54) is 24.8 Å². The van der Waals surface area contributed by atoms with E-state index in [1.807, 2.05) is 6.07 Å². The second-order valence-electron chi connectivity index (χ2n) is 6.84. The fourth-order valence-corrected chi connectivity index (χ4v) is 3.94. The van der Waals surface area contributed by atoms with Crippen molar-refractivity contribution in [1.29, 1.82) is 0 Å². The molecule has 0 atom stereocenters. The van der Waals surface area contributed by atoms with Crippen LogP contribution in [0, 0.1) is 0 Å². The summed E-state index contributed by atoms with van der Waals surface area (Å²) < 4.78 is 1.78. The van der Waals surface area contributed by atoms with Crippen molar-refractivity contribution in [3.05, 3.63) is 66.4 Å². The molecule has 0 unspecified atom stereocenters. The van der Waals surface area contributed by atoms with Crippen LogP contribution in [0.2, 0.25) is 0 Å². The van der Waals surface area contributed by atoms with Crippen LogP contribution in [0.4, 0.5) is 0 Å². The zero-order valence-corrected chi connectivity index (χ0v) is 14.2. The number of fused-ring (bicyclic) bond motifs is 1. The number of benzene rings is 1. The summed E-state index contributed by atoms with van der Waals surface area (Å²) in [6, 6.07) is 10.6. The van der Waals surface area contributed by atoms with Crippen LogP contribution >= 0.6 is 0 Å². The molecule has 1 aromatic carbocycles. The van der Waals surface area contributed by atoms with E-state index < -0.39 is 0 Å². The van der Waals surface area contributed by atoms with Crippen LogP contribution in [0.3, 0.4) is 0 Å². The molecule has 5 nitrogen and oxygen atoms in total. The van der Waals surface area contributed by atoms with Crippen molar-refractivity contribution in [3.8, 4) is 0 Å². The molecular weight excluding hydrogens is 312 g/mol. The summed E-state index contributed by atoms with van der Waals surface area (Å²) in [4.78, 5) is 21.0. The maximum atomic E-state index is 12.7. The predicted molar refractivity (Wildman–Crippen MR) is 96.5 cm³/mol. The van der Waals surface area contributed by atoms with Gasteiger partial charge in [-0.05, 0) is 18.4 Å². The van der Waals surface area contributed by atoms with Gasteiger partial charge in [-0.15, -0.1) is 0 Å². The normalized spacial score (nSPS) is 16.6. The molecule has 1 fully saturated rings. The minimum absolute atomic E-state index is 0.0389. The van der Waals surface area contributed by atoms with Gasteiger partial charge < -0.3 is 5.32 Å². The van der Waals surface area contributed by atoms with E-state index in [1.54, 1.807) is 29.2 Å². The highest BCUT2D eigenvalue weighted by molar-refractivity contribution is 5.93. The number of hydrogen-bond acceptors (Lipinski definition) is 3. The van der Waals surface area contributed by atoms with Crippen LogP contribution in [0.15, 0.2) is 55.1 Å². The second kappa shape index (κ2) is 6.67. The number of carbonyl (C=O) groups excluding carboxylic acids is 1. The summed E-state index contributed by atoms with van der Waals surface area (Å²) in [5.74, 6) is -0.0837. The number of imidazole rings is 1. The van der Waals surface area contributed by atoms with E-state index in [0.29, 0.717) is 17.9 Å². The number of amides is 1. The van der Waals surface area contributed by atoms with Gasteiger partial charge in [0.1, 0.15) is 5.69 Å². The highest BCUT2D eigenvalue weighted by atomic mass is 16.1. The van der Waals surface area contributed by atoms with Gasteiger partial charge in [0.05, 0.1) is 12.4 Å². The van der Waals surface area contributed by atoms with Crippen molar-refractivity contribution < 1.29 is 4.79 Å². The molecule has 25 heavy (non-hydrogen) atoms. The van der Waals surface area contributed by atoms with Gasteiger partial charge in [-0.1, -0.05) is 49.6 Å². The Morgan fingerprint density at radius 3 is 2.72 bits per heavy atom. The van der Waals surface area contributed by atoms with Crippen LogP contribution < -0.4 is 5.32 Å². The molecule has 128 valence electrons. The monoisotopic (exact) mass is 334 g/mol. The third kappa shape index (κ3) is 3.02. The lowest BCUT2D eigenvalue weighted by atomic mass is 9.69. The maximum Gasteiger partial charge on any atom is 0.269 e. The Bertz CT molecular complexity index is 866. The van der Waals surface area contributed by atoms with E-state index in [4.69, 9.17) is 0 Å². The van der Waals surface area contributed by atoms with Gasteiger partial charge in [0.25, 0.3) is 5.91 Å². The first kappa shape index (κ1) is 15.8. The van der Waals surface area contributed by atoms with Crippen molar-refractivity contribution in [2.75, 3.05) is 6.54 Å². The van der Waals surface area contributed by atoms with Gasteiger partial charge >= 0.3 is 0 Å². The van der Waals surface area contributed by atoms with Crippen molar-refractivity contribution in [1.82, 2.24) is 19.7 Å². The smallest absolute Gasteiger partial charge is 0.269 e. The molecule has 2 heterocycles. The number of nitrogens with zero attached hydrogens (tertiary/aromatic N) is 3. The molecule has 0 aliphatic heterocycles. The fraction of sp³-hybridized carbons (Fsp3) is 0.350. The standard InChI is InChI=1S/C20H22N4O/c25-19(17-13-22-18-14-21-11-12-24(17)18)23-15-20(9-5-2-6-10-20)16-7-3-1-4-8-16/h1,3-4,7-8,11-14H,2,5-6,9-10,15H2,(H,23,25). The predicted octanol–water partition coefficient (Wildman–Crippen LogP) is 3.36. The van der Waals surface area contributed by atoms with Crippen LogP contribution in [0.25, 0.3) is 5.65 Å². The zero-order chi connectivity index (χ0) is 17.1. The Kier molecular flexibility index (Phi) is 4.22. The average molecular weight is 334 g/mol. The zero-order valence-electron chi connectivity index (χ0n) is 14.2. The van der Waals surface area contributed by atoms with Crippen LogP contribution in [-0.2, 0) is 5.41 Å². The lowest BCUT2D eigenvalue weighted by Crippen LogP contribution is -2.42. The Morgan fingerprint density at radius 1 is 1.12 bits per heavy atom. The first-order chi connectivity index (χ1) is 12.3. The van der Waals surface area contributed by atoms with Crippen LogP contribution in [-0.4, -0.2) is 26.8 Å². The first-order valence-electron chi connectivity index (χ1n) is 8.89. The summed E-state index contributed by atoms with van der Waals surface area (Å²) in [6.07, 6.45) is 12.7. The molecule has 1 aliphatic carbocycles. The highest BCUT2D eigenvalue weighted by Gasteiger charge is 2.34. The Labute approximate surface area is 147 Å². The largest absolute Gasteiger partial charge is 0.350 e. The lowest BCUT2D eigenvalue weighted by Gasteiger charge is -2.38. The Morgan fingerprint density at radius 2 is 1.92 bits per heavy atom. The summed E-state index contributed by atoms with van der Waals surface area (Å²) in [5, 5.41) is 3.17. The van der Waals surface area contributed by atoms with E-state index in [0.717, 1.165) is 12.8 Å². The molecule has 0 spiro atoms. The molecule has 1 amide bonds. The number of rotatable bonds is 4. The van der Waals surface area contributed by atoms with Crippen molar-refractivity contribution in [3.63, 3.8) is 0 Å². The molecular formula is C20H22N4O. The quantitative estimate of drug-likeness (QED) is 0.796. The van der Waals surface area contributed by atoms with E-state index >= 15 is 0 Å². The Balaban J connectivity index is 1.56. The molecule has 3 aromatic rings. The lowest BCUT2D eigenvalue weighted by molar-refractivity contribution is 0.0930. The van der Waals surface area contributed by atoms with E-state index in [9.17, 15) is 4.79 Å². The summed E-state index contributed by atoms with van der Waals surface area (Å²) >= 11 is 0. The Hall–Kier alpha value is -2.69. The van der Waals surface area contributed by atoms with Gasteiger partial charge in [-0.2, -0.15) is 0 Å². The summed E-state index contributed by atoms with van der Waals surface area (Å²) in [6.45, 7) is 0.661. The highest BCUT2D eigenvalue weighted by Crippen LogP contribution is 2.38. The molecule has 0 saturated heterocycles.